The lowest BCUT2D eigenvalue weighted by Gasteiger charge is -2.26. The molecular weight excluding hydrogens is 338 g/mol. The van der Waals surface area contributed by atoms with E-state index in [0.717, 1.165) is 33.8 Å². The molecule has 0 bridgehead atoms. The third kappa shape index (κ3) is 4.74. The number of anilines is 3. The zero-order valence-corrected chi connectivity index (χ0v) is 15.8. The summed E-state index contributed by atoms with van der Waals surface area (Å²) in [6, 6.07) is 24.6. The number of methoxy groups -OCH3 is 2. The van der Waals surface area contributed by atoms with Crippen LogP contribution < -0.4 is 4.90 Å². The molecule has 0 aliphatic carbocycles. The van der Waals surface area contributed by atoms with Gasteiger partial charge in [0.15, 0.2) is 0 Å². The molecule has 3 aromatic rings. The van der Waals surface area contributed by atoms with Crippen LogP contribution in [-0.4, -0.2) is 19.3 Å². The van der Waals surface area contributed by atoms with Crippen LogP contribution in [0.5, 0.6) is 0 Å². The molecule has 0 spiro atoms. The van der Waals surface area contributed by atoms with E-state index in [4.69, 9.17) is 9.47 Å². The van der Waals surface area contributed by atoms with Gasteiger partial charge < -0.3 is 19.5 Å². The summed E-state index contributed by atoms with van der Waals surface area (Å²) >= 11 is 0. The van der Waals surface area contributed by atoms with Crippen molar-refractivity contribution >= 4 is 17.1 Å². The molecule has 3 rings (SSSR count). The number of rotatable bonds is 8. The van der Waals surface area contributed by atoms with E-state index in [9.17, 15) is 5.11 Å². The van der Waals surface area contributed by atoms with E-state index in [-0.39, 0.29) is 6.61 Å². The fourth-order valence-electron chi connectivity index (χ4n) is 3.01. The number of hydrogen-bond donors (Lipinski definition) is 1. The molecule has 0 aliphatic heterocycles. The lowest BCUT2D eigenvalue weighted by Crippen LogP contribution is -2.10. The van der Waals surface area contributed by atoms with Gasteiger partial charge in [0.25, 0.3) is 0 Å². The first-order valence-corrected chi connectivity index (χ1v) is 8.91. The first-order chi connectivity index (χ1) is 13.2. The van der Waals surface area contributed by atoms with Crippen molar-refractivity contribution < 1.29 is 14.6 Å². The summed E-state index contributed by atoms with van der Waals surface area (Å²) in [5.41, 5.74) is 6.31. The fraction of sp³-hybridized carbons (Fsp3) is 0.217. The molecule has 0 fully saturated rings. The average Bonchev–Trinajstić information content (AvgIpc) is 2.72. The van der Waals surface area contributed by atoms with Crippen LogP contribution >= 0.6 is 0 Å². The van der Waals surface area contributed by atoms with Gasteiger partial charge in [-0.15, -0.1) is 0 Å². The number of aliphatic hydroxyl groups excluding tert-OH is 1. The van der Waals surface area contributed by atoms with Gasteiger partial charge in [0.05, 0.1) is 19.8 Å². The molecule has 27 heavy (non-hydrogen) atoms. The molecule has 0 saturated carbocycles. The van der Waals surface area contributed by atoms with Crippen LogP contribution in [0.15, 0.2) is 72.8 Å². The van der Waals surface area contributed by atoms with Crippen LogP contribution in [0.4, 0.5) is 17.1 Å². The van der Waals surface area contributed by atoms with Crippen molar-refractivity contribution in [3.63, 3.8) is 0 Å². The third-order valence-electron chi connectivity index (χ3n) is 4.39. The Kier molecular flexibility index (Phi) is 6.60. The second-order valence-corrected chi connectivity index (χ2v) is 6.36. The Balaban J connectivity index is 1.99. The molecule has 0 radical (unpaired) electrons. The molecule has 1 N–H and O–H groups in total. The van der Waals surface area contributed by atoms with Crippen LogP contribution in [0.25, 0.3) is 0 Å². The lowest BCUT2D eigenvalue weighted by atomic mass is 10.1. The van der Waals surface area contributed by atoms with Crippen molar-refractivity contribution in [2.75, 3.05) is 19.1 Å². The number of benzene rings is 3. The average molecular weight is 363 g/mol. The molecule has 3 aromatic carbocycles. The van der Waals surface area contributed by atoms with Crippen LogP contribution in [0.3, 0.4) is 0 Å². The Morgan fingerprint density at radius 2 is 0.926 bits per heavy atom. The van der Waals surface area contributed by atoms with Gasteiger partial charge in [-0.2, -0.15) is 0 Å². The van der Waals surface area contributed by atoms with Crippen LogP contribution in [0.2, 0.25) is 0 Å². The molecule has 4 heteroatoms. The van der Waals surface area contributed by atoms with Gasteiger partial charge >= 0.3 is 0 Å². The summed E-state index contributed by atoms with van der Waals surface area (Å²) in [6.45, 7) is 1.23. The molecule has 0 heterocycles. The Bertz CT molecular complexity index is 778. The molecule has 0 unspecified atom stereocenters. The lowest BCUT2D eigenvalue weighted by molar-refractivity contribution is 0.185. The van der Waals surface area contributed by atoms with Crippen LogP contribution in [-0.2, 0) is 29.3 Å². The molecular formula is C23H25NO3. The van der Waals surface area contributed by atoms with Gasteiger partial charge in [0.1, 0.15) is 0 Å². The second-order valence-electron chi connectivity index (χ2n) is 6.36. The smallest absolute Gasteiger partial charge is 0.0713 e. The fourth-order valence-corrected chi connectivity index (χ4v) is 3.01. The number of ether oxygens (including phenoxy) is 2. The SMILES string of the molecule is COCc1ccc(N(c2ccc(CO)cc2)c2ccc(COC)cc2)cc1. The standard InChI is InChI=1S/C23H25NO3/c1-26-16-19-5-11-22(12-6-19)24(21-9-3-18(15-25)4-10-21)23-13-7-20(8-14-23)17-27-2/h3-14,25H,15-17H2,1-2H3. The van der Waals surface area contributed by atoms with E-state index in [1.165, 1.54) is 0 Å². The van der Waals surface area contributed by atoms with Gasteiger partial charge in [-0.1, -0.05) is 36.4 Å². The minimum absolute atomic E-state index is 0.0394. The van der Waals surface area contributed by atoms with Gasteiger partial charge in [-0.3, -0.25) is 0 Å². The molecule has 4 nitrogen and oxygen atoms in total. The first kappa shape index (κ1) is 19.1. The largest absolute Gasteiger partial charge is 0.392 e. The van der Waals surface area contributed by atoms with Gasteiger partial charge in [0.2, 0.25) is 0 Å². The summed E-state index contributed by atoms with van der Waals surface area (Å²) < 4.78 is 10.4. The molecule has 0 atom stereocenters. The third-order valence-corrected chi connectivity index (χ3v) is 4.39. The van der Waals surface area contributed by atoms with Gasteiger partial charge in [-0.25, -0.2) is 0 Å². The van der Waals surface area contributed by atoms with Crippen molar-refractivity contribution in [3.8, 4) is 0 Å². The topological polar surface area (TPSA) is 41.9 Å². The Labute approximate surface area is 160 Å². The van der Waals surface area contributed by atoms with E-state index in [0.29, 0.717) is 13.2 Å². The highest BCUT2D eigenvalue weighted by Gasteiger charge is 2.12. The highest BCUT2D eigenvalue weighted by atomic mass is 16.5. The highest BCUT2D eigenvalue weighted by molar-refractivity contribution is 5.76. The van der Waals surface area contributed by atoms with Crippen molar-refractivity contribution in [2.24, 2.45) is 0 Å². The van der Waals surface area contributed by atoms with Gasteiger partial charge in [-0.05, 0) is 53.1 Å². The van der Waals surface area contributed by atoms with Crippen molar-refractivity contribution in [1.82, 2.24) is 0 Å². The summed E-state index contributed by atoms with van der Waals surface area (Å²) in [6.07, 6.45) is 0. The number of hydrogen-bond acceptors (Lipinski definition) is 4. The molecule has 0 aromatic heterocycles. The van der Waals surface area contributed by atoms with Crippen molar-refractivity contribution in [3.05, 3.63) is 89.5 Å². The number of nitrogens with zero attached hydrogens (tertiary/aromatic N) is 1. The molecule has 140 valence electrons. The zero-order chi connectivity index (χ0) is 19.1. The van der Waals surface area contributed by atoms with Crippen molar-refractivity contribution in [2.45, 2.75) is 19.8 Å². The summed E-state index contributed by atoms with van der Waals surface area (Å²) in [4.78, 5) is 2.19. The summed E-state index contributed by atoms with van der Waals surface area (Å²) in [5, 5.41) is 9.33. The molecule has 0 saturated heterocycles. The molecule has 0 amide bonds. The van der Waals surface area contributed by atoms with E-state index in [1.54, 1.807) is 14.2 Å². The predicted molar refractivity (Wildman–Crippen MR) is 108 cm³/mol. The minimum atomic E-state index is 0.0394. The van der Waals surface area contributed by atoms with Crippen LogP contribution in [0.1, 0.15) is 16.7 Å². The number of aliphatic hydroxyl groups is 1. The monoisotopic (exact) mass is 363 g/mol. The first-order valence-electron chi connectivity index (χ1n) is 8.91. The highest BCUT2D eigenvalue weighted by Crippen LogP contribution is 2.34. The van der Waals surface area contributed by atoms with Gasteiger partial charge in [0, 0.05) is 31.3 Å². The summed E-state index contributed by atoms with van der Waals surface area (Å²) in [7, 11) is 3.40. The van der Waals surface area contributed by atoms with E-state index in [2.05, 4.69) is 53.4 Å². The normalized spacial score (nSPS) is 10.8. The summed E-state index contributed by atoms with van der Waals surface area (Å²) in [5.74, 6) is 0. The van der Waals surface area contributed by atoms with E-state index < -0.39 is 0 Å². The zero-order valence-electron chi connectivity index (χ0n) is 15.8. The van der Waals surface area contributed by atoms with E-state index in [1.807, 2.05) is 24.3 Å². The van der Waals surface area contributed by atoms with E-state index >= 15 is 0 Å². The molecule has 0 aliphatic rings. The second kappa shape index (κ2) is 9.33. The minimum Gasteiger partial charge on any atom is -0.392 e. The quantitative estimate of drug-likeness (QED) is 0.615. The maximum absolute atomic E-state index is 9.33. The maximum Gasteiger partial charge on any atom is 0.0713 e. The predicted octanol–water partition coefficient (Wildman–Crippen LogP) is 4.94. The Morgan fingerprint density at radius 3 is 1.22 bits per heavy atom. The maximum atomic E-state index is 9.33. The van der Waals surface area contributed by atoms with Crippen molar-refractivity contribution in [1.29, 1.82) is 0 Å². The Hall–Kier alpha value is -2.66. The Morgan fingerprint density at radius 1 is 0.593 bits per heavy atom. The van der Waals surface area contributed by atoms with Crippen LogP contribution in [0, 0.1) is 0 Å².